The van der Waals surface area contributed by atoms with Crippen molar-refractivity contribution in [2.75, 3.05) is 20.1 Å². The Bertz CT molecular complexity index is 192. The van der Waals surface area contributed by atoms with Crippen molar-refractivity contribution in [2.45, 2.75) is 38.5 Å². The Morgan fingerprint density at radius 3 is 2.73 bits per heavy atom. The molecule has 3 N–H and O–H groups in total. The van der Waals surface area contributed by atoms with Crippen LogP contribution < -0.4 is 11.3 Å². The fourth-order valence-corrected chi connectivity index (χ4v) is 1.75. The SMILES string of the molecule is CN(CCCCCC(=O)NN)CC1CC1. The zero-order chi connectivity index (χ0) is 11.1. The van der Waals surface area contributed by atoms with Gasteiger partial charge in [-0.1, -0.05) is 6.42 Å². The van der Waals surface area contributed by atoms with Crippen LogP contribution in [0, 0.1) is 5.92 Å². The van der Waals surface area contributed by atoms with Crippen LogP contribution >= 0.6 is 0 Å². The highest BCUT2D eigenvalue weighted by Gasteiger charge is 2.22. The third-order valence-corrected chi connectivity index (χ3v) is 2.87. The van der Waals surface area contributed by atoms with Crippen LogP contribution in [0.2, 0.25) is 0 Å². The Labute approximate surface area is 92.2 Å². The Morgan fingerprint density at radius 2 is 2.13 bits per heavy atom. The van der Waals surface area contributed by atoms with Gasteiger partial charge in [0, 0.05) is 13.0 Å². The molecule has 0 radical (unpaired) electrons. The summed E-state index contributed by atoms with van der Waals surface area (Å²) in [6, 6.07) is 0. The predicted molar refractivity (Wildman–Crippen MR) is 61.0 cm³/mol. The van der Waals surface area contributed by atoms with Gasteiger partial charge in [0.2, 0.25) is 5.91 Å². The number of carbonyl (C=O) groups is 1. The molecule has 1 aliphatic rings. The molecule has 88 valence electrons. The maximum Gasteiger partial charge on any atom is 0.233 e. The van der Waals surface area contributed by atoms with Crippen LogP contribution in [0.25, 0.3) is 0 Å². The van der Waals surface area contributed by atoms with Crippen LogP contribution in [-0.4, -0.2) is 30.9 Å². The normalized spacial score (nSPS) is 15.7. The van der Waals surface area contributed by atoms with Crippen molar-refractivity contribution in [3.63, 3.8) is 0 Å². The van der Waals surface area contributed by atoms with Crippen molar-refractivity contribution in [3.05, 3.63) is 0 Å². The fourth-order valence-electron chi connectivity index (χ4n) is 1.75. The number of amides is 1. The van der Waals surface area contributed by atoms with Gasteiger partial charge in [0.1, 0.15) is 0 Å². The van der Waals surface area contributed by atoms with Gasteiger partial charge < -0.3 is 4.90 Å². The molecular weight excluding hydrogens is 190 g/mol. The molecule has 15 heavy (non-hydrogen) atoms. The number of nitrogens with two attached hydrogens (primary N) is 1. The van der Waals surface area contributed by atoms with E-state index in [1.807, 2.05) is 0 Å². The molecule has 1 amide bonds. The molecule has 0 aromatic heterocycles. The van der Waals surface area contributed by atoms with E-state index >= 15 is 0 Å². The third-order valence-electron chi connectivity index (χ3n) is 2.87. The summed E-state index contributed by atoms with van der Waals surface area (Å²) >= 11 is 0. The Hall–Kier alpha value is -0.610. The maximum atomic E-state index is 10.8. The number of hydrogen-bond donors (Lipinski definition) is 2. The van der Waals surface area contributed by atoms with Crippen molar-refractivity contribution in [1.82, 2.24) is 10.3 Å². The first kappa shape index (κ1) is 12.5. The number of hydrazine groups is 1. The van der Waals surface area contributed by atoms with E-state index < -0.39 is 0 Å². The van der Waals surface area contributed by atoms with Crippen LogP contribution in [0.3, 0.4) is 0 Å². The van der Waals surface area contributed by atoms with E-state index in [4.69, 9.17) is 5.84 Å². The second-order valence-electron chi connectivity index (χ2n) is 4.58. The van der Waals surface area contributed by atoms with Crippen LogP contribution in [0.5, 0.6) is 0 Å². The highest BCUT2D eigenvalue weighted by Crippen LogP contribution is 2.29. The molecule has 1 rings (SSSR count). The van der Waals surface area contributed by atoms with Gasteiger partial charge in [-0.05, 0) is 45.2 Å². The van der Waals surface area contributed by atoms with Crippen molar-refractivity contribution in [1.29, 1.82) is 0 Å². The fraction of sp³-hybridized carbons (Fsp3) is 0.909. The molecule has 0 aromatic carbocycles. The Balaban J connectivity index is 1.84. The quantitative estimate of drug-likeness (QED) is 0.272. The summed E-state index contributed by atoms with van der Waals surface area (Å²) in [7, 11) is 2.19. The van der Waals surface area contributed by atoms with E-state index in [1.54, 1.807) is 0 Å². The molecule has 0 spiro atoms. The standard InChI is InChI=1S/C11H23N3O/c1-14(9-10-6-7-10)8-4-2-3-5-11(15)13-12/h10H,2-9,12H2,1H3,(H,13,15). The van der Waals surface area contributed by atoms with E-state index in [1.165, 1.54) is 25.8 Å². The lowest BCUT2D eigenvalue weighted by atomic mass is 10.2. The molecule has 0 bridgehead atoms. The number of nitrogens with zero attached hydrogens (tertiary/aromatic N) is 1. The van der Waals surface area contributed by atoms with Crippen LogP contribution in [-0.2, 0) is 4.79 Å². The van der Waals surface area contributed by atoms with Crippen molar-refractivity contribution in [2.24, 2.45) is 11.8 Å². The van der Waals surface area contributed by atoms with E-state index in [-0.39, 0.29) is 5.91 Å². The van der Waals surface area contributed by atoms with Gasteiger partial charge in [0.15, 0.2) is 0 Å². The smallest absolute Gasteiger partial charge is 0.233 e. The van der Waals surface area contributed by atoms with Gasteiger partial charge in [-0.15, -0.1) is 0 Å². The Morgan fingerprint density at radius 1 is 1.40 bits per heavy atom. The highest BCUT2D eigenvalue weighted by molar-refractivity contribution is 5.74. The zero-order valence-electron chi connectivity index (χ0n) is 9.67. The molecular formula is C11H23N3O. The second-order valence-corrected chi connectivity index (χ2v) is 4.58. The van der Waals surface area contributed by atoms with Gasteiger partial charge in [-0.25, -0.2) is 5.84 Å². The molecule has 4 nitrogen and oxygen atoms in total. The number of hydrogen-bond acceptors (Lipinski definition) is 3. The van der Waals surface area contributed by atoms with E-state index in [0.29, 0.717) is 6.42 Å². The molecule has 0 heterocycles. The summed E-state index contributed by atoms with van der Waals surface area (Å²) in [5.74, 6) is 5.91. The summed E-state index contributed by atoms with van der Waals surface area (Å²) in [6.45, 7) is 2.41. The minimum Gasteiger partial charge on any atom is -0.306 e. The monoisotopic (exact) mass is 213 g/mol. The average Bonchev–Trinajstić information content (AvgIpc) is 3.00. The van der Waals surface area contributed by atoms with E-state index in [0.717, 1.165) is 25.3 Å². The highest BCUT2D eigenvalue weighted by atomic mass is 16.2. The second kappa shape index (κ2) is 6.80. The van der Waals surface area contributed by atoms with Gasteiger partial charge in [-0.2, -0.15) is 0 Å². The number of unbranched alkanes of at least 4 members (excludes halogenated alkanes) is 2. The minimum atomic E-state index is -0.0543. The van der Waals surface area contributed by atoms with Gasteiger partial charge in [0.25, 0.3) is 0 Å². The number of carbonyl (C=O) groups excluding carboxylic acids is 1. The molecule has 1 saturated carbocycles. The lowest BCUT2D eigenvalue weighted by Gasteiger charge is -2.15. The van der Waals surface area contributed by atoms with Crippen LogP contribution in [0.15, 0.2) is 0 Å². The maximum absolute atomic E-state index is 10.8. The van der Waals surface area contributed by atoms with E-state index in [2.05, 4.69) is 17.4 Å². The molecule has 1 aliphatic carbocycles. The van der Waals surface area contributed by atoms with Crippen LogP contribution in [0.1, 0.15) is 38.5 Å². The summed E-state index contributed by atoms with van der Waals surface area (Å²) in [6.07, 6.45) is 6.63. The molecule has 4 heteroatoms. The summed E-state index contributed by atoms with van der Waals surface area (Å²) in [5.41, 5.74) is 2.15. The number of nitrogens with one attached hydrogen (secondary N) is 1. The molecule has 1 fully saturated rings. The topological polar surface area (TPSA) is 58.4 Å². The zero-order valence-corrected chi connectivity index (χ0v) is 9.67. The third kappa shape index (κ3) is 6.47. The molecule has 0 aliphatic heterocycles. The molecule has 0 atom stereocenters. The minimum absolute atomic E-state index is 0.0543. The Kier molecular flexibility index (Phi) is 5.65. The molecule has 0 saturated heterocycles. The first-order chi connectivity index (χ1) is 7.22. The predicted octanol–water partition coefficient (Wildman–Crippen LogP) is 0.879. The first-order valence-corrected chi connectivity index (χ1v) is 5.90. The van der Waals surface area contributed by atoms with Gasteiger partial charge >= 0.3 is 0 Å². The van der Waals surface area contributed by atoms with Gasteiger partial charge in [0.05, 0.1) is 0 Å². The van der Waals surface area contributed by atoms with Crippen LogP contribution in [0.4, 0.5) is 0 Å². The lowest BCUT2D eigenvalue weighted by Crippen LogP contribution is -2.29. The van der Waals surface area contributed by atoms with Gasteiger partial charge in [-0.3, -0.25) is 10.2 Å². The summed E-state index contributed by atoms with van der Waals surface area (Å²) < 4.78 is 0. The van der Waals surface area contributed by atoms with Crippen molar-refractivity contribution >= 4 is 5.91 Å². The molecule has 0 unspecified atom stereocenters. The summed E-state index contributed by atoms with van der Waals surface area (Å²) in [5, 5.41) is 0. The summed E-state index contributed by atoms with van der Waals surface area (Å²) in [4.78, 5) is 13.2. The molecule has 0 aromatic rings. The van der Waals surface area contributed by atoms with E-state index in [9.17, 15) is 4.79 Å². The number of rotatable bonds is 8. The first-order valence-electron chi connectivity index (χ1n) is 5.90. The van der Waals surface area contributed by atoms with Crippen molar-refractivity contribution < 1.29 is 4.79 Å². The van der Waals surface area contributed by atoms with Crippen molar-refractivity contribution in [3.8, 4) is 0 Å². The lowest BCUT2D eigenvalue weighted by molar-refractivity contribution is -0.121. The average molecular weight is 213 g/mol. The largest absolute Gasteiger partial charge is 0.306 e.